The lowest BCUT2D eigenvalue weighted by Gasteiger charge is -2.36. The smallest absolute Gasteiger partial charge is 0.194 e. The van der Waals surface area contributed by atoms with Crippen molar-refractivity contribution in [2.24, 2.45) is 12.0 Å². The maximum Gasteiger partial charge on any atom is 0.194 e. The summed E-state index contributed by atoms with van der Waals surface area (Å²) in [7, 11) is 4.19. The van der Waals surface area contributed by atoms with Crippen molar-refractivity contribution in [3.05, 3.63) is 46.4 Å². The SMILES string of the molecule is CCNC(=NCC(c1cccs1)N1CCOC(C)C1)N(C)Cc1cccn1C.I. The van der Waals surface area contributed by atoms with Crippen molar-refractivity contribution in [2.75, 3.05) is 39.8 Å². The highest BCUT2D eigenvalue weighted by Gasteiger charge is 2.26. The molecule has 0 radical (unpaired) electrons. The van der Waals surface area contributed by atoms with Crippen LogP contribution in [0.25, 0.3) is 0 Å². The molecule has 29 heavy (non-hydrogen) atoms. The average Bonchev–Trinajstić information content (AvgIpc) is 3.34. The molecule has 2 aromatic heterocycles. The van der Waals surface area contributed by atoms with E-state index < -0.39 is 0 Å². The van der Waals surface area contributed by atoms with Crippen LogP contribution in [0.3, 0.4) is 0 Å². The van der Waals surface area contributed by atoms with E-state index in [9.17, 15) is 0 Å². The lowest BCUT2D eigenvalue weighted by molar-refractivity contribution is -0.0327. The molecular weight excluding hydrogens is 497 g/mol. The molecule has 3 rings (SSSR count). The van der Waals surface area contributed by atoms with Gasteiger partial charge in [-0.1, -0.05) is 6.07 Å². The first kappa shape index (κ1) is 24.2. The van der Waals surface area contributed by atoms with Gasteiger partial charge in [-0.15, -0.1) is 35.3 Å². The Morgan fingerprint density at radius 2 is 2.24 bits per heavy atom. The fourth-order valence-electron chi connectivity index (χ4n) is 3.62. The Morgan fingerprint density at radius 3 is 2.86 bits per heavy atom. The number of hydrogen-bond acceptors (Lipinski definition) is 4. The number of morpholine rings is 1. The fraction of sp³-hybridized carbons (Fsp3) is 0.571. The Labute approximate surface area is 196 Å². The number of hydrogen-bond donors (Lipinski definition) is 1. The first-order valence-electron chi connectivity index (χ1n) is 10.1. The van der Waals surface area contributed by atoms with Gasteiger partial charge in [0.05, 0.1) is 31.8 Å². The van der Waals surface area contributed by atoms with Crippen molar-refractivity contribution in [1.29, 1.82) is 0 Å². The van der Waals surface area contributed by atoms with Gasteiger partial charge in [-0.3, -0.25) is 9.89 Å². The quantitative estimate of drug-likeness (QED) is 0.337. The molecule has 1 fully saturated rings. The van der Waals surface area contributed by atoms with Gasteiger partial charge in [-0.25, -0.2) is 0 Å². The van der Waals surface area contributed by atoms with E-state index in [2.05, 4.69) is 83.5 Å². The molecule has 1 aliphatic rings. The molecule has 0 bridgehead atoms. The zero-order valence-corrected chi connectivity index (χ0v) is 21.0. The van der Waals surface area contributed by atoms with Crippen molar-refractivity contribution in [3.63, 3.8) is 0 Å². The summed E-state index contributed by atoms with van der Waals surface area (Å²) in [4.78, 5) is 11.1. The molecule has 0 aromatic carbocycles. The highest BCUT2D eigenvalue weighted by atomic mass is 127. The summed E-state index contributed by atoms with van der Waals surface area (Å²) >= 11 is 1.82. The second kappa shape index (κ2) is 11.9. The number of nitrogens with one attached hydrogen (secondary N) is 1. The molecule has 1 aliphatic heterocycles. The first-order valence-corrected chi connectivity index (χ1v) is 10.9. The van der Waals surface area contributed by atoms with Crippen LogP contribution in [0, 0.1) is 0 Å². The normalized spacial score (nSPS) is 18.9. The van der Waals surface area contributed by atoms with Gasteiger partial charge in [0, 0.05) is 50.5 Å². The Bertz CT molecular complexity index is 748. The predicted molar refractivity (Wildman–Crippen MR) is 132 cm³/mol. The van der Waals surface area contributed by atoms with Crippen LogP contribution < -0.4 is 5.32 Å². The summed E-state index contributed by atoms with van der Waals surface area (Å²) < 4.78 is 7.91. The Balaban J connectivity index is 0.00000300. The lowest BCUT2D eigenvalue weighted by Crippen LogP contribution is -2.44. The number of thiophene rings is 1. The Hall–Kier alpha value is -1.10. The van der Waals surface area contributed by atoms with Crippen molar-refractivity contribution in [1.82, 2.24) is 19.7 Å². The molecule has 1 N–H and O–H groups in total. The second-order valence-electron chi connectivity index (χ2n) is 7.37. The first-order chi connectivity index (χ1) is 13.6. The van der Waals surface area contributed by atoms with Crippen LogP contribution in [0.5, 0.6) is 0 Å². The number of halogens is 1. The Morgan fingerprint density at radius 1 is 1.41 bits per heavy atom. The van der Waals surface area contributed by atoms with Crippen LogP contribution in [0.2, 0.25) is 0 Å². The lowest BCUT2D eigenvalue weighted by atomic mass is 10.1. The van der Waals surface area contributed by atoms with Crippen LogP contribution in [0.1, 0.15) is 30.5 Å². The molecule has 2 unspecified atom stereocenters. The average molecular weight is 532 g/mol. The minimum absolute atomic E-state index is 0. The summed E-state index contributed by atoms with van der Waals surface area (Å²) in [6.45, 7) is 9.40. The van der Waals surface area contributed by atoms with Gasteiger partial charge in [0.2, 0.25) is 0 Å². The third kappa shape index (κ3) is 6.70. The van der Waals surface area contributed by atoms with Crippen molar-refractivity contribution in [2.45, 2.75) is 32.5 Å². The van der Waals surface area contributed by atoms with Gasteiger partial charge in [0.1, 0.15) is 0 Å². The summed E-state index contributed by atoms with van der Waals surface area (Å²) in [5.74, 6) is 0.951. The van der Waals surface area contributed by atoms with Crippen LogP contribution in [-0.4, -0.2) is 66.3 Å². The summed E-state index contributed by atoms with van der Waals surface area (Å²) in [6, 6.07) is 8.89. The second-order valence-corrected chi connectivity index (χ2v) is 8.35. The molecule has 162 valence electrons. The summed E-state index contributed by atoms with van der Waals surface area (Å²) in [6.07, 6.45) is 2.35. The molecular formula is C21H34IN5OS. The maximum atomic E-state index is 5.75. The molecule has 0 aliphatic carbocycles. The fourth-order valence-corrected chi connectivity index (χ4v) is 4.47. The number of aliphatic imine (C=N–C) groups is 1. The van der Waals surface area contributed by atoms with Crippen LogP contribution >= 0.6 is 35.3 Å². The molecule has 0 amide bonds. The number of rotatable bonds is 7. The molecule has 1 saturated heterocycles. The summed E-state index contributed by atoms with van der Waals surface area (Å²) in [5.41, 5.74) is 1.27. The van der Waals surface area contributed by atoms with E-state index in [0.717, 1.165) is 45.3 Å². The molecule has 3 heterocycles. The van der Waals surface area contributed by atoms with E-state index in [1.807, 2.05) is 11.3 Å². The minimum Gasteiger partial charge on any atom is -0.376 e. The maximum absolute atomic E-state index is 5.75. The van der Waals surface area contributed by atoms with Gasteiger partial charge in [0.15, 0.2) is 5.96 Å². The van der Waals surface area contributed by atoms with E-state index in [-0.39, 0.29) is 30.1 Å². The van der Waals surface area contributed by atoms with Gasteiger partial charge in [-0.2, -0.15) is 0 Å². The number of nitrogens with zero attached hydrogens (tertiary/aromatic N) is 4. The van der Waals surface area contributed by atoms with Crippen molar-refractivity contribution < 1.29 is 4.74 Å². The third-order valence-electron chi connectivity index (χ3n) is 5.15. The summed E-state index contributed by atoms with van der Waals surface area (Å²) in [5, 5.41) is 5.61. The van der Waals surface area contributed by atoms with E-state index in [1.54, 1.807) is 0 Å². The van der Waals surface area contributed by atoms with E-state index in [0.29, 0.717) is 6.04 Å². The third-order valence-corrected chi connectivity index (χ3v) is 6.12. The van der Waals surface area contributed by atoms with Gasteiger partial charge in [0.25, 0.3) is 0 Å². The van der Waals surface area contributed by atoms with Gasteiger partial charge in [-0.05, 0) is 37.4 Å². The largest absolute Gasteiger partial charge is 0.376 e. The van der Waals surface area contributed by atoms with Crippen LogP contribution in [0.4, 0.5) is 0 Å². The van der Waals surface area contributed by atoms with E-state index >= 15 is 0 Å². The highest BCUT2D eigenvalue weighted by Crippen LogP contribution is 2.27. The van der Waals surface area contributed by atoms with Crippen molar-refractivity contribution >= 4 is 41.3 Å². The predicted octanol–water partition coefficient (Wildman–Crippen LogP) is 3.56. The molecule has 0 saturated carbocycles. The molecule has 2 atom stereocenters. The Kier molecular flexibility index (Phi) is 9.94. The minimum atomic E-state index is 0. The zero-order valence-electron chi connectivity index (χ0n) is 17.9. The van der Waals surface area contributed by atoms with Crippen LogP contribution in [0.15, 0.2) is 40.8 Å². The standard InChI is InChI=1S/C21H33N5OS.HI/c1-5-22-21(25(4)16-18-8-6-10-24(18)3)23-14-19(20-9-7-13-28-20)26-11-12-27-17(2)15-26;/h6-10,13,17,19H,5,11-12,14-16H2,1-4H3,(H,22,23);1H. The van der Waals surface area contributed by atoms with Crippen LogP contribution in [-0.2, 0) is 18.3 Å². The van der Waals surface area contributed by atoms with Crippen molar-refractivity contribution in [3.8, 4) is 0 Å². The molecule has 8 heteroatoms. The zero-order chi connectivity index (χ0) is 19.9. The number of aromatic nitrogens is 1. The molecule has 6 nitrogen and oxygen atoms in total. The van der Waals surface area contributed by atoms with Gasteiger partial charge >= 0.3 is 0 Å². The van der Waals surface area contributed by atoms with E-state index in [4.69, 9.17) is 9.73 Å². The highest BCUT2D eigenvalue weighted by molar-refractivity contribution is 14.0. The number of ether oxygens (including phenoxy) is 1. The topological polar surface area (TPSA) is 45.0 Å². The number of aryl methyl sites for hydroxylation is 1. The molecule has 2 aromatic rings. The number of guanidine groups is 1. The van der Waals surface area contributed by atoms with E-state index in [1.165, 1.54) is 10.6 Å². The monoisotopic (exact) mass is 531 g/mol. The molecule has 0 spiro atoms. The van der Waals surface area contributed by atoms with Gasteiger partial charge < -0.3 is 19.5 Å².